The van der Waals surface area contributed by atoms with Crippen LogP contribution in [0, 0.1) is 0 Å². The lowest BCUT2D eigenvalue weighted by atomic mass is 10.0. The Morgan fingerprint density at radius 1 is 1.38 bits per heavy atom. The van der Waals surface area contributed by atoms with Crippen LogP contribution in [0.3, 0.4) is 0 Å². The molecule has 0 saturated heterocycles. The third-order valence-electron chi connectivity index (χ3n) is 2.42. The monoisotopic (exact) mass is 240 g/mol. The molecule has 0 aliphatic heterocycles. The summed E-state index contributed by atoms with van der Waals surface area (Å²) in [6.07, 6.45) is 0.747. The van der Waals surface area contributed by atoms with Crippen LogP contribution in [-0.2, 0) is 16.0 Å². The summed E-state index contributed by atoms with van der Waals surface area (Å²) in [6.45, 7) is 4.41. The van der Waals surface area contributed by atoms with Gasteiger partial charge in [0.05, 0.1) is 0 Å². The molecule has 0 bridgehead atoms. The van der Waals surface area contributed by atoms with Crippen LogP contribution >= 0.6 is 11.6 Å². The predicted octanol–water partition coefficient (Wildman–Crippen LogP) is 3.27. The molecule has 1 rings (SSSR count). The molecule has 1 aromatic rings. The van der Waals surface area contributed by atoms with Gasteiger partial charge in [0.25, 0.3) is 0 Å². The Kier molecular flexibility index (Phi) is 5.50. The number of benzene rings is 1. The molecule has 0 heterocycles. The number of Topliss-reactive ketones (excluding diaryl/α,β-unsaturated/α-hetero) is 1. The van der Waals surface area contributed by atoms with E-state index in [-0.39, 0.29) is 11.9 Å². The maximum Gasteiger partial charge on any atom is 0.165 e. The van der Waals surface area contributed by atoms with Crippen LogP contribution in [0.5, 0.6) is 0 Å². The second kappa shape index (κ2) is 6.66. The lowest BCUT2D eigenvalue weighted by molar-refractivity contribution is -0.129. The SMILES string of the molecule is CCOC(CC)C(=O)Cc1ccccc1Cl. The van der Waals surface area contributed by atoms with Gasteiger partial charge >= 0.3 is 0 Å². The number of carbonyl (C=O) groups is 1. The summed E-state index contributed by atoms with van der Waals surface area (Å²) in [4.78, 5) is 11.9. The highest BCUT2D eigenvalue weighted by atomic mass is 35.5. The first-order valence-electron chi connectivity index (χ1n) is 5.56. The standard InChI is InChI=1S/C13H17ClO2/c1-3-13(16-4-2)12(15)9-10-7-5-6-8-11(10)14/h5-8,13H,3-4,9H2,1-2H3. The summed E-state index contributed by atoms with van der Waals surface area (Å²) in [6, 6.07) is 7.41. The van der Waals surface area contributed by atoms with E-state index in [4.69, 9.17) is 16.3 Å². The zero-order valence-electron chi connectivity index (χ0n) is 9.70. The first kappa shape index (κ1) is 13.2. The molecule has 0 spiro atoms. The summed E-state index contributed by atoms with van der Waals surface area (Å²) < 4.78 is 5.37. The van der Waals surface area contributed by atoms with Gasteiger partial charge in [0.2, 0.25) is 0 Å². The van der Waals surface area contributed by atoms with Crippen molar-refractivity contribution in [1.29, 1.82) is 0 Å². The number of hydrogen-bond donors (Lipinski definition) is 0. The topological polar surface area (TPSA) is 26.3 Å². The fraction of sp³-hybridized carbons (Fsp3) is 0.462. The maximum absolute atomic E-state index is 11.9. The molecule has 0 radical (unpaired) electrons. The molecule has 0 aromatic heterocycles. The van der Waals surface area contributed by atoms with Crippen molar-refractivity contribution in [3.8, 4) is 0 Å². The highest BCUT2D eigenvalue weighted by Gasteiger charge is 2.17. The number of ketones is 1. The maximum atomic E-state index is 11.9. The van der Waals surface area contributed by atoms with Crippen molar-refractivity contribution in [2.75, 3.05) is 6.61 Å². The minimum absolute atomic E-state index is 0.0949. The molecule has 0 amide bonds. The van der Waals surface area contributed by atoms with Crippen molar-refractivity contribution >= 4 is 17.4 Å². The molecule has 0 aliphatic rings. The van der Waals surface area contributed by atoms with E-state index in [9.17, 15) is 4.79 Å². The van der Waals surface area contributed by atoms with Gasteiger partial charge in [-0.1, -0.05) is 36.7 Å². The summed E-state index contributed by atoms with van der Waals surface area (Å²) in [5.74, 6) is 0.0949. The van der Waals surface area contributed by atoms with Crippen LogP contribution in [0.4, 0.5) is 0 Å². The summed E-state index contributed by atoms with van der Waals surface area (Å²) >= 11 is 6.00. The smallest absolute Gasteiger partial charge is 0.165 e. The predicted molar refractivity (Wildman–Crippen MR) is 65.9 cm³/mol. The van der Waals surface area contributed by atoms with E-state index in [1.54, 1.807) is 6.07 Å². The third kappa shape index (κ3) is 3.62. The Morgan fingerprint density at radius 2 is 2.06 bits per heavy atom. The van der Waals surface area contributed by atoms with Crippen LogP contribution in [0.1, 0.15) is 25.8 Å². The molecule has 0 saturated carbocycles. The highest BCUT2D eigenvalue weighted by molar-refractivity contribution is 6.31. The minimum atomic E-state index is -0.304. The van der Waals surface area contributed by atoms with E-state index in [0.717, 1.165) is 5.56 Å². The average Bonchev–Trinajstić information content (AvgIpc) is 2.29. The van der Waals surface area contributed by atoms with Gasteiger partial charge in [-0.3, -0.25) is 4.79 Å². The van der Waals surface area contributed by atoms with Crippen molar-refractivity contribution in [2.24, 2.45) is 0 Å². The highest BCUT2D eigenvalue weighted by Crippen LogP contribution is 2.17. The Hall–Kier alpha value is -0.860. The molecule has 3 heteroatoms. The number of ether oxygens (including phenoxy) is 1. The Labute approximate surface area is 102 Å². The van der Waals surface area contributed by atoms with E-state index in [0.29, 0.717) is 24.5 Å². The number of carbonyl (C=O) groups excluding carboxylic acids is 1. The molecule has 1 aromatic carbocycles. The lowest BCUT2D eigenvalue weighted by Crippen LogP contribution is -2.25. The molecule has 1 atom stereocenters. The van der Waals surface area contributed by atoms with Crippen molar-refractivity contribution in [2.45, 2.75) is 32.8 Å². The largest absolute Gasteiger partial charge is 0.371 e. The Balaban J connectivity index is 2.66. The van der Waals surface area contributed by atoms with Gasteiger partial charge in [-0.2, -0.15) is 0 Å². The zero-order valence-corrected chi connectivity index (χ0v) is 10.5. The summed E-state index contributed by atoms with van der Waals surface area (Å²) in [7, 11) is 0. The molecule has 16 heavy (non-hydrogen) atoms. The van der Waals surface area contributed by atoms with Crippen molar-refractivity contribution in [3.63, 3.8) is 0 Å². The van der Waals surface area contributed by atoms with E-state index in [2.05, 4.69) is 0 Å². The van der Waals surface area contributed by atoms with E-state index in [1.165, 1.54) is 0 Å². The average molecular weight is 241 g/mol. The van der Waals surface area contributed by atoms with Gasteiger partial charge in [-0.25, -0.2) is 0 Å². The Bertz CT molecular complexity index is 350. The molecule has 0 N–H and O–H groups in total. The Morgan fingerprint density at radius 3 is 2.62 bits per heavy atom. The lowest BCUT2D eigenvalue weighted by Gasteiger charge is -2.13. The van der Waals surface area contributed by atoms with Crippen LogP contribution in [0.25, 0.3) is 0 Å². The molecule has 0 fully saturated rings. The second-order valence-electron chi connectivity index (χ2n) is 3.59. The van der Waals surface area contributed by atoms with E-state index < -0.39 is 0 Å². The third-order valence-corrected chi connectivity index (χ3v) is 2.79. The quantitative estimate of drug-likeness (QED) is 0.763. The summed E-state index contributed by atoms with van der Waals surface area (Å²) in [5, 5.41) is 0.641. The van der Waals surface area contributed by atoms with Gasteiger partial charge in [0, 0.05) is 18.1 Å². The van der Waals surface area contributed by atoms with Crippen LogP contribution in [0.15, 0.2) is 24.3 Å². The number of halogens is 1. The normalized spacial score (nSPS) is 12.4. The van der Waals surface area contributed by atoms with Gasteiger partial charge in [-0.05, 0) is 25.0 Å². The zero-order chi connectivity index (χ0) is 12.0. The van der Waals surface area contributed by atoms with Crippen LogP contribution < -0.4 is 0 Å². The van der Waals surface area contributed by atoms with Crippen LogP contribution in [0.2, 0.25) is 5.02 Å². The van der Waals surface area contributed by atoms with Crippen molar-refractivity contribution < 1.29 is 9.53 Å². The van der Waals surface area contributed by atoms with Crippen molar-refractivity contribution in [3.05, 3.63) is 34.9 Å². The molecular formula is C13H17ClO2. The molecule has 88 valence electrons. The summed E-state index contributed by atoms with van der Waals surface area (Å²) in [5.41, 5.74) is 0.868. The van der Waals surface area contributed by atoms with Crippen molar-refractivity contribution in [1.82, 2.24) is 0 Å². The number of rotatable bonds is 6. The molecular weight excluding hydrogens is 224 g/mol. The molecule has 1 unspecified atom stereocenters. The van der Waals surface area contributed by atoms with Gasteiger partial charge in [-0.15, -0.1) is 0 Å². The van der Waals surface area contributed by atoms with Gasteiger partial charge in [0.15, 0.2) is 5.78 Å². The van der Waals surface area contributed by atoms with Crippen LogP contribution in [-0.4, -0.2) is 18.5 Å². The van der Waals surface area contributed by atoms with E-state index >= 15 is 0 Å². The number of hydrogen-bond acceptors (Lipinski definition) is 2. The fourth-order valence-electron chi connectivity index (χ4n) is 1.58. The fourth-order valence-corrected chi connectivity index (χ4v) is 1.79. The van der Waals surface area contributed by atoms with Gasteiger partial charge in [0.1, 0.15) is 6.10 Å². The second-order valence-corrected chi connectivity index (χ2v) is 3.99. The van der Waals surface area contributed by atoms with Gasteiger partial charge < -0.3 is 4.74 Å². The van der Waals surface area contributed by atoms with E-state index in [1.807, 2.05) is 32.0 Å². The first-order valence-corrected chi connectivity index (χ1v) is 5.94. The molecule has 2 nitrogen and oxygen atoms in total. The first-order chi connectivity index (χ1) is 7.69. The molecule has 0 aliphatic carbocycles. The minimum Gasteiger partial charge on any atom is -0.371 e.